The summed E-state index contributed by atoms with van der Waals surface area (Å²) < 4.78 is 25.4. The number of halogens is 2. The Morgan fingerprint density at radius 2 is 1.67 bits per heavy atom. The molecular weight excluding hydrogens is 373 g/mol. The lowest BCUT2D eigenvalue weighted by Crippen LogP contribution is -2.48. The highest BCUT2D eigenvalue weighted by Gasteiger charge is 2.23. The minimum absolute atomic E-state index is 0.0510. The van der Waals surface area contributed by atoms with Gasteiger partial charge in [-0.1, -0.05) is 23.2 Å². The summed E-state index contributed by atoms with van der Waals surface area (Å²) >= 11 is 11.9. The Morgan fingerprint density at radius 1 is 1.12 bits per heavy atom. The number of sulfonamides is 1. The summed E-state index contributed by atoms with van der Waals surface area (Å²) in [4.78, 5) is 16.3. The van der Waals surface area contributed by atoms with Crippen molar-refractivity contribution in [3.05, 3.63) is 28.2 Å². The molecule has 1 aliphatic heterocycles. The van der Waals surface area contributed by atoms with Crippen LogP contribution in [0.25, 0.3) is 0 Å². The van der Waals surface area contributed by atoms with Gasteiger partial charge in [0.2, 0.25) is 15.9 Å². The van der Waals surface area contributed by atoms with E-state index in [1.165, 1.54) is 22.5 Å². The van der Waals surface area contributed by atoms with Gasteiger partial charge in [0.05, 0.1) is 11.9 Å². The first-order chi connectivity index (χ1) is 11.2. The zero-order valence-corrected chi connectivity index (χ0v) is 16.0. The second kappa shape index (κ2) is 7.91. The van der Waals surface area contributed by atoms with Crippen LogP contribution in [0, 0.1) is 0 Å². The van der Waals surface area contributed by atoms with Gasteiger partial charge in [0.15, 0.2) is 0 Å². The number of carbonyl (C=O) groups is 1. The first-order valence-corrected chi connectivity index (χ1v) is 10.2. The number of amides is 1. The van der Waals surface area contributed by atoms with Gasteiger partial charge in [0, 0.05) is 49.2 Å². The van der Waals surface area contributed by atoms with Gasteiger partial charge in [-0.05, 0) is 25.2 Å². The average Bonchev–Trinajstić information content (AvgIpc) is 2.45. The van der Waals surface area contributed by atoms with Crippen LogP contribution >= 0.6 is 23.2 Å². The summed E-state index contributed by atoms with van der Waals surface area (Å²) in [6, 6.07) is 4.58. The maximum absolute atomic E-state index is 12.3. The van der Waals surface area contributed by atoms with Gasteiger partial charge in [0.1, 0.15) is 0 Å². The van der Waals surface area contributed by atoms with E-state index in [1.54, 1.807) is 4.90 Å². The molecule has 2 rings (SSSR count). The van der Waals surface area contributed by atoms with Gasteiger partial charge >= 0.3 is 0 Å². The lowest BCUT2D eigenvalue weighted by molar-refractivity contribution is -0.132. The first kappa shape index (κ1) is 19.3. The topological polar surface area (TPSA) is 60.9 Å². The molecule has 6 nitrogen and oxygen atoms in total. The second-order valence-corrected chi connectivity index (χ2v) is 8.68. The largest absolute Gasteiger partial charge is 0.340 e. The number of anilines is 1. The van der Waals surface area contributed by atoms with E-state index < -0.39 is 10.0 Å². The van der Waals surface area contributed by atoms with Crippen molar-refractivity contribution in [2.24, 2.45) is 0 Å². The van der Waals surface area contributed by atoms with Crippen molar-refractivity contribution in [2.45, 2.75) is 6.42 Å². The Balaban J connectivity index is 2.09. The fourth-order valence-electron chi connectivity index (χ4n) is 2.58. The highest BCUT2D eigenvalue weighted by molar-refractivity contribution is 7.92. The van der Waals surface area contributed by atoms with Gasteiger partial charge in [-0.3, -0.25) is 9.10 Å². The van der Waals surface area contributed by atoms with Crippen LogP contribution in [0.5, 0.6) is 0 Å². The molecule has 0 aromatic heterocycles. The Labute approximate surface area is 153 Å². The van der Waals surface area contributed by atoms with E-state index >= 15 is 0 Å². The summed E-state index contributed by atoms with van der Waals surface area (Å²) in [5.41, 5.74) is 0.362. The molecule has 1 saturated heterocycles. The van der Waals surface area contributed by atoms with E-state index in [1.807, 2.05) is 7.05 Å². The number of rotatable bonds is 5. The molecule has 1 amide bonds. The molecule has 1 aromatic rings. The second-order valence-electron chi connectivity index (χ2n) is 5.90. The normalized spacial score (nSPS) is 16.2. The molecule has 0 radical (unpaired) electrons. The predicted molar refractivity (Wildman–Crippen MR) is 97.3 cm³/mol. The Bertz CT molecular complexity index is 684. The summed E-state index contributed by atoms with van der Waals surface area (Å²) in [7, 11) is -1.54. The Hall–Kier alpha value is -1.02. The molecule has 0 N–H and O–H groups in total. The van der Waals surface area contributed by atoms with Crippen molar-refractivity contribution in [3.8, 4) is 0 Å². The van der Waals surface area contributed by atoms with Gasteiger partial charge in [-0.25, -0.2) is 8.42 Å². The monoisotopic (exact) mass is 393 g/mol. The van der Waals surface area contributed by atoms with Crippen LogP contribution in [0.3, 0.4) is 0 Å². The van der Waals surface area contributed by atoms with E-state index in [9.17, 15) is 13.2 Å². The van der Waals surface area contributed by atoms with Crippen molar-refractivity contribution < 1.29 is 13.2 Å². The van der Waals surface area contributed by atoms with Crippen LogP contribution in [-0.2, 0) is 14.8 Å². The zero-order valence-electron chi connectivity index (χ0n) is 13.7. The SMILES string of the molecule is CN1CCN(C(=O)CCN(c2cc(Cl)cc(Cl)c2)S(C)(=O)=O)CC1. The summed E-state index contributed by atoms with van der Waals surface area (Å²) in [5.74, 6) is -0.0510. The molecule has 134 valence electrons. The standard InChI is InChI=1S/C15H21Cl2N3O3S/c1-18-5-7-19(8-6-18)15(21)3-4-20(24(2,22)23)14-10-12(16)9-13(17)11-14/h9-11H,3-8H2,1-2H3. The maximum atomic E-state index is 12.3. The van der Waals surface area contributed by atoms with Gasteiger partial charge in [-0.2, -0.15) is 0 Å². The van der Waals surface area contributed by atoms with Crippen LogP contribution in [0.15, 0.2) is 18.2 Å². The highest BCUT2D eigenvalue weighted by Crippen LogP contribution is 2.27. The number of likely N-dealkylation sites (N-methyl/N-ethyl adjacent to an activating group) is 1. The molecule has 1 fully saturated rings. The molecule has 1 heterocycles. The zero-order chi connectivity index (χ0) is 17.9. The fourth-order valence-corrected chi connectivity index (χ4v) is 4.01. The third kappa shape index (κ3) is 5.24. The molecule has 0 bridgehead atoms. The number of carbonyl (C=O) groups excluding carboxylic acids is 1. The van der Waals surface area contributed by atoms with E-state index in [-0.39, 0.29) is 18.9 Å². The fraction of sp³-hybridized carbons (Fsp3) is 0.533. The molecule has 0 aliphatic carbocycles. The van der Waals surface area contributed by atoms with Crippen molar-refractivity contribution in [2.75, 3.05) is 50.3 Å². The highest BCUT2D eigenvalue weighted by atomic mass is 35.5. The third-order valence-corrected chi connectivity index (χ3v) is 5.55. The Morgan fingerprint density at radius 3 is 2.17 bits per heavy atom. The number of nitrogens with zero attached hydrogens (tertiary/aromatic N) is 3. The number of hydrogen-bond acceptors (Lipinski definition) is 4. The van der Waals surface area contributed by atoms with E-state index in [4.69, 9.17) is 23.2 Å². The molecule has 9 heteroatoms. The van der Waals surface area contributed by atoms with Gasteiger partial charge < -0.3 is 9.80 Å². The van der Waals surface area contributed by atoms with E-state index in [0.29, 0.717) is 28.8 Å². The molecule has 0 spiro atoms. The molecule has 0 atom stereocenters. The van der Waals surface area contributed by atoms with Crippen molar-refractivity contribution in [1.82, 2.24) is 9.80 Å². The lowest BCUT2D eigenvalue weighted by Gasteiger charge is -2.33. The Kier molecular flexibility index (Phi) is 6.36. The van der Waals surface area contributed by atoms with Crippen LogP contribution in [0.2, 0.25) is 10.0 Å². The smallest absolute Gasteiger partial charge is 0.232 e. The first-order valence-electron chi connectivity index (χ1n) is 7.57. The summed E-state index contributed by atoms with van der Waals surface area (Å²) in [6.07, 6.45) is 1.21. The molecule has 24 heavy (non-hydrogen) atoms. The average molecular weight is 394 g/mol. The molecular formula is C15H21Cl2N3O3S. The van der Waals surface area contributed by atoms with E-state index in [2.05, 4.69) is 4.90 Å². The van der Waals surface area contributed by atoms with Crippen molar-refractivity contribution >= 4 is 44.8 Å². The number of benzene rings is 1. The molecule has 0 unspecified atom stereocenters. The minimum atomic E-state index is -3.55. The van der Waals surface area contributed by atoms with Crippen molar-refractivity contribution in [1.29, 1.82) is 0 Å². The van der Waals surface area contributed by atoms with Crippen LogP contribution in [0.1, 0.15) is 6.42 Å². The van der Waals surface area contributed by atoms with Crippen LogP contribution < -0.4 is 4.31 Å². The quantitative estimate of drug-likeness (QED) is 0.766. The van der Waals surface area contributed by atoms with E-state index in [0.717, 1.165) is 19.3 Å². The number of piperazine rings is 1. The van der Waals surface area contributed by atoms with Crippen LogP contribution in [0.4, 0.5) is 5.69 Å². The predicted octanol–water partition coefficient (Wildman–Crippen LogP) is 1.92. The molecule has 0 saturated carbocycles. The third-order valence-electron chi connectivity index (χ3n) is 3.92. The lowest BCUT2D eigenvalue weighted by atomic mass is 10.2. The molecule has 1 aromatic carbocycles. The number of hydrogen-bond donors (Lipinski definition) is 0. The summed E-state index contributed by atoms with van der Waals surface area (Å²) in [6.45, 7) is 3.03. The van der Waals surface area contributed by atoms with Crippen LogP contribution in [-0.4, -0.2) is 70.2 Å². The summed E-state index contributed by atoms with van der Waals surface area (Å²) in [5, 5.41) is 0.688. The van der Waals surface area contributed by atoms with Gasteiger partial charge in [0.25, 0.3) is 0 Å². The van der Waals surface area contributed by atoms with Gasteiger partial charge in [-0.15, -0.1) is 0 Å². The maximum Gasteiger partial charge on any atom is 0.232 e. The molecule has 1 aliphatic rings. The van der Waals surface area contributed by atoms with Crippen molar-refractivity contribution in [3.63, 3.8) is 0 Å². The minimum Gasteiger partial charge on any atom is -0.340 e.